The standard InChI is InChI=1S/C68H132O17P2/c1-6-9-12-15-17-19-21-23-24-25-26-27-28-29-30-32-34-38-43-48-53-67(72)85-64(58-79-66(71)52-47-42-37-33-31-22-20-18-16-13-10-7-2)60-83-87(76,77)81-56-62(69)55-80-86(74,75)82-59-63(57-78-65(70)51-46-40-14-11-8-3)84-68(73)54-49-44-39-35-36-41-45-50-61(4)5/h61-64,69H,6-60H2,1-5H3,(H,74,75)(H,76,77)/t62-,63+,64+/m0/s1. The van der Waals surface area contributed by atoms with Gasteiger partial charge in [-0.25, -0.2) is 9.13 Å². The molecular weight excluding hydrogens is 1150 g/mol. The summed E-state index contributed by atoms with van der Waals surface area (Å²) in [4.78, 5) is 72.1. The number of hydrogen-bond acceptors (Lipinski definition) is 15. The molecule has 0 aliphatic carbocycles. The van der Waals surface area contributed by atoms with E-state index in [4.69, 9.17) is 37.0 Å². The van der Waals surface area contributed by atoms with Crippen molar-refractivity contribution in [3.63, 3.8) is 0 Å². The normalized spacial score (nSPS) is 14.1. The topological polar surface area (TPSA) is 237 Å². The van der Waals surface area contributed by atoms with Gasteiger partial charge >= 0.3 is 39.5 Å². The molecule has 0 saturated heterocycles. The Kier molecular flexibility index (Phi) is 60.2. The van der Waals surface area contributed by atoms with Gasteiger partial charge in [-0.3, -0.25) is 37.3 Å². The number of hydrogen-bond donors (Lipinski definition) is 3. The third kappa shape index (κ3) is 62.6. The maximum Gasteiger partial charge on any atom is 0.472 e. The van der Waals surface area contributed by atoms with Crippen LogP contribution >= 0.6 is 15.6 Å². The molecule has 2 unspecified atom stereocenters. The molecule has 19 heteroatoms. The maximum atomic E-state index is 13.0. The van der Waals surface area contributed by atoms with Crippen molar-refractivity contribution in [3.05, 3.63) is 0 Å². The summed E-state index contributed by atoms with van der Waals surface area (Å²) in [6.45, 7) is 7.07. The Morgan fingerprint density at radius 2 is 0.529 bits per heavy atom. The van der Waals surface area contributed by atoms with Crippen molar-refractivity contribution in [2.45, 2.75) is 368 Å². The minimum Gasteiger partial charge on any atom is -0.462 e. The fraction of sp³-hybridized carbons (Fsp3) is 0.941. The van der Waals surface area contributed by atoms with Crippen LogP contribution in [0.5, 0.6) is 0 Å². The number of unbranched alkanes of at least 4 members (excludes halogenated alkanes) is 40. The van der Waals surface area contributed by atoms with E-state index in [1.54, 1.807) is 0 Å². The molecule has 0 fully saturated rings. The minimum atomic E-state index is -4.95. The predicted octanol–water partition coefficient (Wildman–Crippen LogP) is 19.4. The van der Waals surface area contributed by atoms with Crippen molar-refractivity contribution in [1.82, 2.24) is 0 Å². The van der Waals surface area contributed by atoms with Crippen molar-refractivity contribution < 1.29 is 80.2 Å². The Hall–Kier alpha value is -1.94. The molecule has 17 nitrogen and oxygen atoms in total. The first-order valence-corrected chi connectivity index (χ1v) is 38.6. The lowest BCUT2D eigenvalue weighted by Crippen LogP contribution is -2.30. The molecular formula is C68H132O17P2. The van der Waals surface area contributed by atoms with E-state index in [0.717, 1.165) is 96.3 Å². The van der Waals surface area contributed by atoms with Crippen LogP contribution in [0.15, 0.2) is 0 Å². The van der Waals surface area contributed by atoms with E-state index in [9.17, 15) is 43.2 Å². The summed E-state index contributed by atoms with van der Waals surface area (Å²) in [6.07, 6.45) is 47.8. The average molecular weight is 1280 g/mol. The van der Waals surface area contributed by atoms with Crippen LogP contribution in [0, 0.1) is 5.92 Å². The molecule has 0 rings (SSSR count). The summed E-state index contributed by atoms with van der Waals surface area (Å²) in [7, 11) is -9.88. The van der Waals surface area contributed by atoms with E-state index in [1.807, 2.05) is 0 Å². The van der Waals surface area contributed by atoms with Gasteiger partial charge in [0.05, 0.1) is 26.4 Å². The maximum absolute atomic E-state index is 13.0. The highest BCUT2D eigenvalue weighted by molar-refractivity contribution is 7.47. The quantitative estimate of drug-likeness (QED) is 0.0222. The number of ether oxygens (including phenoxy) is 4. The highest BCUT2D eigenvalue weighted by Crippen LogP contribution is 2.45. The van der Waals surface area contributed by atoms with Gasteiger partial charge in [-0.2, -0.15) is 0 Å². The Labute approximate surface area is 530 Å². The molecule has 0 saturated carbocycles. The number of carbonyl (C=O) groups is 4. The Bertz CT molecular complexity index is 1690. The second-order valence-corrected chi connectivity index (χ2v) is 27.9. The minimum absolute atomic E-state index is 0.103. The number of aliphatic hydroxyl groups excluding tert-OH is 1. The summed E-state index contributed by atoms with van der Waals surface area (Å²) in [5.74, 6) is -1.44. The van der Waals surface area contributed by atoms with Gasteiger partial charge in [0.25, 0.3) is 0 Å². The van der Waals surface area contributed by atoms with Gasteiger partial charge in [0.2, 0.25) is 0 Å². The van der Waals surface area contributed by atoms with Crippen LogP contribution in [-0.4, -0.2) is 96.7 Å². The van der Waals surface area contributed by atoms with Crippen LogP contribution in [-0.2, 0) is 65.4 Å². The molecule has 0 spiro atoms. The van der Waals surface area contributed by atoms with Gasteiger partial charge in [0, 0.05) is 25.7 Å². The first-order valence-electron chi connectivity index (χ1n) is 35.6. The van der Waals surface area contributed by atoms with E-state index in [1.165, 1.54) is 167 Å². The second kappa shape index (κ2) is 61.6. The van der Waals surface area contributed by atoms with Gasteiger partial charge in [-0.1, -0.05) is 298 Å². The molecule has 0 amide bonds. The van der Waals surface area contributed by atoms with Crippen molar-refractivity contribution in [1.29, 1.82) is 0 Å². The van der Waals surface area contributed by atoms with Gasteiger partial charge < -0.3 is 33.8 Å². The molecule has 0 bridgehead atoms. The summed E-state index contributed by atoms with van der Waals surface area (Å²) in [5, 5.41) is 10.5. The Balaban J connectivity index is 5.11. The fourth-order valence-corrected chi connectivity index (χ4v) is 11.9. The lowest BCUT2D eigenvalue weighted by atomic mass is 10.0. The largest absolute Gasteiger partial charge is 0.472 e. The molecule has 0 radical (unpaired) electrons. The Morgan fingerprint density at radius 3 is 0.782 bits per heavy atom. The zero-order chi connectivity index (χ0) is 64.2. The van der Waals surface area contributed by atoms with Crippen LogP contribution in [0.3, 0.4) is 0 Å². The summed E-state index contributed by atoms with van der Waals surface area (Å²) in [5.41, 5.74) is 0. The van der Waals surface area contributed by atoms with Crippen molar-refractivity contribution in [3.8, 4) is 0 Å². The molecule has 516 valence electrons. The van der Waals surface area contributed by atoms with Crippen molar-refractivity contribution >= 4 is 39.5 Å². The molecule has 87 heavy (non-hydrogen) atoms. The number of carbonyl (C=O) groups excluding carboxylic acids is 4. The SMILES string of the molecule is CCCCCCCCCCCCCCCCCCCCCCC(=O)O[C@H](COC(=O)CCCCCCCCCCCCCC)COP(=O)(O)OC[C@@H](O)COP(=O)(O)OC[C@@H](COC(=O)CCCCCCC)OC(=O)CCCCCCCCCC(C)C. The second-order valence-electron chi connectivity index (χ2n) is 25.0. The molecule has 0 aromatic carbocycles. The van der Waals surface area contributed by atoms with Gasteiger partial charge in [-0.05, 0) is 31.6 Å². The molecule has 0 aliphatic rings. The predicted molar refractivity (Wildman–Crippen MR) is 349 cm³/mol. The Morgan fingerprint density at radius 1 is 0.310 bits per heavy atom. The van der Waals surface area contributed by atoms with Gasteiger partial charge in [-0.15, -0.1) is 0 Å². The smallest absolute Gasteiger partial charge is 0.462 e. The fourth-order valence-electron chi connectivity index (χ4n) is 10.3. The molecule has 0 aliphatic heterocycles. The number of esters is 4. The third-order valence-electron chi connectivity index (χ3n) is 15.8. The number of phosphoric acid groups is 2. The first-order chi connectivity index (χ1) is 42.0. The highest BCUT2D eigenvalue weighted by atomic mass is 31.2. The first kappa shape index (κ1) is 85.1. The molecule has 0 heterocycles. The molecule has 3 N–H and O–H groups in total. The zero-order valence-corrected chi connectivity index (χ0v) is 57.9. The molecule has 0 aromatic rings. The van der Waals surface area contributed by atoms with E-state index in [-0.39, 0.29) is 25.7 Å². The molecule has 5 atom stereocenters. The van der Waals surface area contributed by atoms with Crippen LogP contribution < -0.4 is 0 Å². The average Bonchev–Trinajstić information content (AvgIpc) is 3.69. The lowest BCUT2D eigenvalue weighted by molar-refractivity contribution is -0.161. The lowest BCUT2D eigenvalue weighted by Gasteiger charge is -2.21. The third-order valence-corrected chi connectivity index (χ3v) is 17.7. The molecule has 0 aromatic heterocycles. The van der Waals surface area contributed by atoms with Gasteiger partial charge in [0.15, 0.2) is 12.2 Å². The zero-order valence-electron chi connectivity index (χ0n) is 56.2. The van der Waals surface area contributed by atoms with Crippen LogP contribution in [0.1, 0.15) is 349 Å². The van der Waals surface area contributed by atoms with Crippen molar-refractivity contribution in [2.24, 2.45) is 5.92 Å². The summed E-state index contributed by atoms with van der Waals surface area (Å²) >= 11 is 0. The van der Waals surface area contributed by atoms with E-state index in [2.05, 4.69) is 34.6 Å². The van der Waals surface area contributed by atoms with E-state index >= 15 is 0 Å². The number of aliphatic hydroxyl groups is 1. The monoisotopic (exact) mass is 1280 g/mol. The van der Waals surface area contributed by atoms with E-state index in [0.29, 0.717) is 31.6 Å². The summed E-state index contributed by atoms with van der Waals surface area (Å²) in [6, 6.07) is 0. The van der Waals surface area contributed by atoms with Crippen LogP contribution in [0.4, 0.5) is 0 Å². The van der Waals surface area contributed by atoms with Crippen LogP contribution in [0.25, 0.3) is 0 Å². The number of phosphoric ester groups is 2. The van der Waals surface area contributed by atoms with Crippen LogP contribution in [0.2, 0.25) is 0 Å². The summed E-state index contributed by atoms with van der Waals surface area (Å²) < 4.78 is 67.9. The van der Waals surface area contributed by atoms with E-state index < -0.39 is 97.5 Å². The highest BCUT2D eigenvalue weighted by Gasteiger charge is 2.30. The number of rotatable bonds is 68. The van der Waals surface area contributed by atoms with Gasteiger partial charge in [0.1, 0.15) is 19.3 Å². The van der Waals surface area contributed by atoms with Crippen molar-refractivity contribution in [2.75, 3.05) is 39.6 Å².